The predicted octanol–water partition coefficient (Wildman–Crippen LogP) is 2.27. The lowest BCUT2D eigenvalue weighted by molar-refractivity contribution is -0.129. The molecule has 8 nitrogen and oxygen atoms in total. The van der Waals surface area contributed by atoms with Gasteiger partial charge in [-0.25, -0.2) is 9.59 Å². The molecule has 1 aromatic carbocycles. The second kappa shape index (κ2) is 7.15. The Hall–Kier alpha value is -3.68. The van der Waals surface area contributed by atoms with Crippen molar-refractivity contribution in [3.8, 4) is 5.69 Å². The summed E-state index contributed by atoms with van der Waals surface area (Å²) in [5.41, 5.74) is 3.11. The summed E-state index contributed by atoms with van der Waals surface area (Å²) in [5.74, 6) is -2.36. The Labute approximate surface area is 161 Å². The number of carbonyl (C=O) groups excluding carboxylic acids is 3. The number of aryl methyl sites for hydroxylation is 1. The van der Waals surface area contributed by atoms with E-state index < -0.39 is 23.8 Å². The lowest BCUT2D eigenvalue weighted by Gasteiger charge is -2.24. The molecule has 1 fully saturated rings. The van der Waals surface area contributed by atoms with Crippen molar-refractivity contribution in [3.05, 3.63) is 58.4 Å². The number of amides is 4. The third-order valence-electron chi connectivity index (χ3n) is 4.64. The van der Waals surface area contributed by atoms with E-state index in [4.69, 9.17) is 5.11 Å². The first kappa shape index (κ1) is 19.1. The number of barbiturate groups is 1. The summed E-state index contributed by atoms with van der Waals surface area (Å²) in [5, 5.41) is 11.2. The van der Waals surface area contributed by atoms with Gasteiger partial charge in [0.1, 0.15) is 5.57 Å². The summed E-state index contributed by atoms with van der Waals surface area (Å²) >= 11 is 0. The van der Waals surface area contributed by atoms with E-state index in [2.05, 4.69) is 5.32 Å². The minimum absolute atomic E-state index is 0.108. The van der Waals surface area contributed by atoms with Gasteiger partial charge in [-0.1, -0.05) is 0 Å². The lowest BCUT2D eigenvalue weighted by Crippen LogP contribution is -2.53. The van der Waals surface area contributed by atoms with Crippen molar-refractivity contribution in [3.63, 3.8) is 0 Å². The molecule has 1 aliphatic rings. The fourth-order valence-electron chi connectivity index (χ4n) is 3.22. The average molecular weight is 381 g/mol. The highest BCUT2D eigenvalue weighted by atomic mass is 16.4. The van der Waals surface area contributed by atoms with Gasteiger partial charge in [-0.15, -0.1) is 0 Å². The molecule has 0 aliphatic carbocycles. The molecule has 0 atom stereocenters. The summed E-state index contributed by atoms with van der Waals surface area (Å²) in [4.78, 5) is 48.3. The monoisotopic (exact) mass is 381 g/mol. The summed E-state index contributed by atoms with van der Waals surface area (Å²) in [6, 6.07) is 7.50. The number of aromatic carboxylic acids is 1. The van der Waals surface area contributed by atoms with E-state index >= 15 is 0 Å². The molecule has 1 aliphatic heterocycles. The number of benzene rings is 1. The van der Waals surface area contributed by atoms with Crippen LogP contribution in [0.25, 0.3) is 11.8 Å². The van der Waals surface area contributed by atoms with Gasteiger partial charge in [0.15, 0.2) is 0 Å². The van der Waals surface area contributed by atoms with Gasteiger partial charge in [0.2, 0.25) is 0 Å². The zero-order valence-electron chi connectivity index (χ0n) is 15.6. The zero-order chi connectivity index (χ0) is 20.6. The Morgan fingerprint density at radius 3 is 2.36 bits per heavy atom. The number of rotatable bonds is 4. The number of likely N-dealkylation sites (N-methyl/N-ethyl adjacent to an activating group) is 1. The lowest BCUT2D eigenvalue weighted by atomic mass is 10.1. The van der Waals surface area contributed by atoms with Gasteiger partial charge in [-0.05, 0) is 62.7 Å². The first-order valence-electron chi connectivity index (χ1n) is 8.66. The third kappa shape index (κ3) is 3.20. The van der Waals surface area contributed by atoms with Crippen LogP contribution in [0.15, 0.2) is 35.9 Å². The Bertz CT molecular complexity index is 1030. The molecule has 0 radical (unpaired) electrons. The van der Waals surface area contributed by atoms with E-state index in [1.807, 2.05) is 24.5 Å². The Kier molecular flexibility index (Phi) is 4.87. The number of carboxylic acids is 1. The van der Waals surface area contributed by atoms with Gasteiger partial charge < -0.3 is 9.67 Å². The average Bonchev–Trinajstić information content (AvgIpc) is 2.92. The number of aromatic nitrogens is 1. The third-order valence-corrected chi connectivity index (χ3v) is 4.64. The van der Waals surface area contributed by atoms with Crippen molar-refractivity contribution in [2.24, 2.45) is 0 Å². The molecule has 4 amide bonds. The summed E-state index contributed by atoms with van der Waals surface area (Å²) < 4.78 is 1.89. The molecule has 0 unspecified atom stereocenters. The minimum Gasteiger partial charge on any atom is -0.478 e. The summed E-state index contributed by atoms with van der Waals surface area (Å²) in [6.07, 6.45) is 1.47. The van der Waals surface area contributed by atoms with E-state index in [1.165, 1.54) is 18.2 Å². The molecule has 2 heterocycles. The number of urea groups is 1. The van der Waals surface area contributed by atoms with Crippen LogP contribution in [-0.2, 0) is 9.59 Å². The summed E-state index contributed by atoms with van der Waals surface area (Å²) in [6.45, 7) is 5.50. The highest BCUT2D eigenvalue weighted by Gasteiger charge is 2.34. The second-order valence-corrected chi connectivity index (χ2v) is 6.38. The van der Waals surface area contributed by atoms with Gasteiger partial charge in [-0.3, -0.25) is 19.8 Å². The van der Waals surface area contributed by atoms with Crippen molar-refractivity contribution in [1.82, 2.24) is 14.8 Å². The molecular formula is C20H19N3O5. The van der Waals surface area contributed by atoms with Crippen LogP contribution in [0.5, 0.6) is 0 Å². The number of imide groups is 2. The number of nitrogens with one attached hydrogen (secondary N) is 1. The molecule has 1 aromatic heterocycles. The predicted molar refractivity (Wildman–Crippen MR) is 101 cm³/mol. The smallest absolute Gasteiger partial charge is 0.335 e. The Morgan fingerprint density at radius 1 is 1.14 bits per heavy atom. The van der Waals surface area contributed by atoms with E-state index in [0.29, 0.717) is 5.56 Å². The molecule has 2 aromatic rings. The molecule has 2 N–H and O–H groups in total. The van der Waals surface area contributed by atoms with Gasteiger partial charge >= 0.3 is 12.0 Å². The molecule has 28 heavy (non-hydrogen) atoms. The maximum Gasteiger partial charge on any atom is 0.335 e. The number of hydrogen-bond acceptors (Lipinski definition) is 4. The van der Waals surface area contributed by atoms with Crippen molar-refractivity contribution >= 4 is 29.9 Å². The van der Waals surface area contributed by atoms with Crippen LogP contribution in [0.1, 0.15) is 34.2 Å². The van der Waals surface area contributed by atoms with Crippen LogP contribution in [0.3, 0.4) is 0 Å². The van der Waals surface area contributed by atoms with E-state index in [-0.39, 0.29) is 17.7 Å². The first-order chi connectivity index (χ1) is 13.2. The molecule has 0 bridgehead atoms. The highest BCUT2D eigenvalue weighted by Crippen LogP contribution is 2.24. The molecule has 1 saturated heterocycles. The Balaban J connectivity index is 2.03. The minimum atomic E-state index is -1.00. The fourth-order valence-corrected chi connectivity index (χ4v) is 3.22. The molecule has 0 saturated carbocycles. The van der Waals surface area contributed by atoms with Crippen LogP contribution in [0.4, 0.5) is 4.79 Å². The highest BCUT2D eigenvalue weighted by molar-refractivity contribution is 6.31. The number of carboxylic acid groups (broad SMARTS) is 1. The first-order valence-corrected chi connectivity index (χ1v) is 8.66. The molecular weight excluding hydrogens is 362 g/mol. The Morgan fingerprint density at radius 2 is 1.79 bits per heavy atom. The largest absolute Gasteiger partial charge is 0.478 e. The van der Waals surface area contributed by atoms with Crippen molar-refractivity contribution < 1.29 is 24.3 Å². The fraction of sp³-hybridized carbons (Fsp3) is 0.200. The topological polar surface area (TPSA) is 109 Å². The van der Waals surface area contributed by atoms with Crippen LogP contribution in [0.2, 0.25) is 0 Å². The van der Waals surface area contributed by atoms with Crippen LogP contribution >= 0.6 is 0 Å². The van der Waals surface area contributed by atoms with Crippen LogP contribution in [-0.4, -0.2) is 44.9 Å². The standard InChI is InChI=1S/C20H19N3O5/c1-4-22-18(25)16(17(24)21-20(22)28)10-14-9-11(2)23(12(14)3)15-7-5-13(6-8-15)19(26)27/h5-10H,4H2,1-3H3,(H,26,27)(H,21,24,28). The van der Waals surface area contributed by atoms with E-state index in [0.717, 1.165) is 22.0 Å². The normalized spacial score (nSPS) is 15.9. The number of hydrogen-bond donors (Lipinski definition) is 2. The van der Waals surface area contributed by atoms with Gasteiger partial charge in [-0.2, -0.15) is 0 Å². The number of nitrogens with zero attached hydrogens (tertiary/aromatic N) is 2. The molecule has 8 heteroatoms. The maximum absolute atomic E-state index is 12.5. The second-order valence-electron chi connectivity index (χ2n) is 6.38. The van der Waals surface area contributed by atoms with Gasteiger partial charge in [0.25, 0.3) is 11.8 Å². The quantitative estimate of drug-likeness (QED) is 0.624. The van der Waals surface area contributed by atoms with Crippen LogP contribution < -0.4 is 5.32 Å². The van der Waals surface area contributed by atoms with Gasteiger partial charge in [0, 0.05) is 23.6 Å². The maximum atomic E-state index is 12.5. The van der Waals surface area contributed by atoms with E-state index in [9.17, 15) is 19.2 Å². The zero-order valence-corrected chi connectivity index (χ0v) is 15.6. The SMILES string of the molecule is CCN1C(=O)NC(=O)C(=Cc2cc(C)n(-c3ccc(C(=O)O)cc3)c2C)C1=O. The summed E-state index contributed by atoms with van der Waals surface area (Å²) in [7, 11) is 0. The van der Waals surface area contributed by atoms with Crippen molar-refractivity contribution in [2.75, 3.05) is 6.54 Å². The van der Waals surface area contributed by atoms with Crippen LogP contribution in [0, 0.1) is 13.8 Å². The van der Waals surface area contributed by atoms with E-state index in [1.54, 1.807) is 19.1 Å². The van der Waals surface area contributed by atoms with Gasteiger partial charge in [0.05, 0.1) is 5.56 Å². The van der Waals surface area contributed by atoms with Crippen molar-refractivity contribution in [2.45, 2.75) is 20.8 Å². The van der Waals surface area contributed by atoms with Crippen molar-refractivity contribution in [1.29, 1.82) is 0 Å². The molecule has 0 spiro atoms. The molecule has 144 valence electrons. The number of carbonyl (C=O) groups is 4. The molecule has 3 rings (SSSR count).